The number of rotatable bonds is 6. The highest BCUT2D eigenvalue weighted by molar-refractivity contribution is 5.92. The van der Waals surface area contributed by atoms with Crippen LogP contribution in [0.4, 0.5) is 0 Å². The molecule has 0 bridgehead atoms. The number of likely N-dealkylation sites (N-methyl/N-ethyl adjacent to an activating group) is 1. The van der Waals surface area contributed by atoms with Crippen LogP contribution in [-0.4, -0.2) is 81.2 Å². The smallest absolute Gasteiger partial charge is 0.338 e. The van der Waals surface area contributed by atoms with Crippen molar-refractivity contribution in [3.63, 3.8) is 0 Å². The van der Waals surface area contributed by atoms with Crippen LogP contribution in [0.3, 0.4) is 0 Å². The average molecular weight is 350 g/mol. The quantitative estimate of drug-likeness (QED) is 0.680. The van der Waals surface area contributed by atoms with Gasteiger partial charge < -0.3 is 24.0 Å². The van der Waals surface area contributed by atoms with Crippen molar-refractivity contribution in [2.75, 3.05) is 53.6 Å². The molecule has 1 saturated heterocycles. The van der Waals surface area contributed by atoms with Crippen LogP contribution >= 0.6 is 0 Å². The molecule has 0 aromatic heterocycles. The zero-order valence-electron chi connectivity index (χ0n) is 14.4. The highest BCUT2D eigenvalue weighted by Crippen LogP contribution is 2.12. The predicted molar refractivity (Wildman–Crippen MR) is 88.3 cm³/mol. The third kappa shape index (κ3) is 5.46. The Morgan fingerprint density at radius 3 is 2.40 bits per heavy atom. The fraction of sp³-hybridized carbons (Fsp3) is 0.471. The number of methoxy groups -OCH3 is 1. The van der Waals surface area contributed by atoms with Crippen molar-refractivity contribution in [1.82, 2.24) is 9.80 Å². The lowest BCUT2D eigenvalue weighted by Crippen LogP contribution is -2.46. The van der Waals surface area contributed by atoms with Gasteiger partial charge >= 0.3 is 5.97 Å². The lowest BCUT2D eigenvalue weighted by atomic mass is 10.2. The molecule has 136 valence electrons. The van der Waals surface area contributed by atoms with Gasteiger partial charge in [0.15, 0.2) is 6.61 Å². The van der Waals surface area contributed by atoms with Gasteiger partial charge in [-0.05, 0) is 24.3 Å². The van der Waals surface area contributed by atoms with Crippen molar-refractivity contribution >= 4 is 17.8 Å². The van der Waals surface area contributed by atoms with Crippen LogP contribution in [0, 0.1) is 0 Å². The summed E-state index contributed by atoms with van der Waals surface area (Å²) in [5, 5.41) is 0. The summed E-state index contributed by atoms with van der Waals surface area (Å²) in [7, 11) is 3.03. The first-order valence-electron chi connectivity index (χ1n) is 7.92. The second kappa shape index (κ2) is 9.03. The first-order chi connectivity index (χ1) is 12.0. The highest BCUT2D eigenvalue weighted by Gasteiger charge is 2.21. The molecule has 1 aliphatic heterocycles. The molecule has 0 atom stereocenters. The highest BCUT2D eigenvalue weighted by atomic mass is 16.5. The van der Waals surface area contributed by atoms with E-state index in [-0.39, 0.29) is 12.5 Å². The first-order valence-corrected chi connectivity index (χ1v) is 7.92. The van der Waals surface area contributed by atoms with Crippen LogP contribution in [0.25, 0.3) is 0 Å². The van der Waals surface area contributed by atoms with Crippen molar-refractivity contribution in [3.05, 3.63) is 29.8 Å². The Balaban J connectivity index is 1.77. The summed E-state index contributed by atoms with van der Waals surface area (Å²) in [4.78, 5) is 38.9. The van der Waals surface area contributed by atoms with Crippen LogP contribution in [0.2, 0.25) is 0 Å². The molecule has 1 aliphatic rings. The van der Waals surface area contributed by atoms with Crippen LogP contribution < -0.4 is 4.74 Å². The number of benzene rings is 1. The van der Waals surface area contributed by atoms with Gasteiger partial charge in [0, 0.05) is 20.1 Å². The second-order valence-electron chi connectivity index (χ2n) is 5.55. The minimum atomic E-state index is -0.607. The van der Waals surface area contributed by atoms with E-state index < -0.39 is 18.5 Å². The van der Waals surface area contributed by atoms with Crippen LogP contribution in [0.1, 0.15) is 10.4 Å². The Hall–Kier alpha value is -2.61. The number of hydrogen-bond acceptors (Lipinski definition) is 6. The lowest BCUT2D eigenvalue weighted by Gasteiger charge is -2.28. The van der Waals surface area contributed by atoms with Crippen molar-refractivity contribution in [1.29, 1.82) is 0 Å². The molecule has 8 nitrogen and oxygen atoms in total. The van der Waals surface area contributed by atoms with E-state index in [9.17, 15) is 14.4 Å². The molecule has 1 aromatic carbocycles. The summed E-state index contributed by atoms with van der Waals surface area (Å²) in [6, 6.07) is 6.37. The van der Waals surface area contributed by atoms with E-state index in [1.165, 1.54) is 19.1 Å². The first kappa shape index (κ1) is 18.7. The standard InChI is InChI=1S/C17H22N2O6/c1-18(11-15(20)19-7-9-24-10-8-19)16(21)12-25-17(22)13-3-5-14(23-2)6-4-13/h3-6H,7-12H2,1-2H3. The number of hydrogen-bond donors (Lipinski definition) is 0. The van der Waals surface area contributed by atoms with Gasteiger partial charge in [0.2, 0.25) is 5.91 Å². The van der Waals surface area contributed by atoms with E-state index in [0.717, 1.165) is 0 Å². The molecular formula is C17H22N2O6. The zero-order chi connectivity index (χ0) is 18.2. The molecule has 2 amide bonds. The summed E-state index contributed by atoms with van der Waals surface area (Å²) >= 11 is 0. The van der Waals surface area contributed by atoms with Gasteiger partial charge in [-0.3, -0.25) is 9.59 Å². The second-order valence-corrected chi connectivity index (χ2v) is 5.55. The molecule has 0 spiro atoms. The summed E-state index contributed by atoms with van der Waals surface area (Å²) in [6.07, 6.45) is 0. The van der Waals surface area contributed by atoms with E-state index >= 15 is 0 Å². The molecule has 1 aromatic rings. The van der Waals surface area contributed by atoms with Crippen molar-refractivity contribution in [3.8, 4) is 5.75 Å². The van der Waals surface area contributed by atoms with Gasteiger partial charge in [-0.2, -0.15) is 0 Å². The van der Waals surface area contributed by atoms with E-state index in [0.29, 0.717) is 37.6 Å². The number of esters is 1. The molecule has 2 rings (SSSR count). The largest absolute Gasteiger partial charge is 0.497 e. The Morgan fingerprint density at radius 1 is 1.16 bits per heavy atom. The lowest BCUT2D eigenvalue weighted by molar-refractivity contribution is -0.143. The van der Waals surface area contributed by atoms with E-state index in [4.69, 9.17) is 14.2 Å². The van der Waals surface area contributed by atoms with E-state index in [2.05, 4.69) is 0 Å². The number of morpholine rings is 1. The molecule has 0 unspecified atom stereocenters. The molecule has 0 radical (unpaired) electrons. The summed E-state index contributed by atoms with van der Waals surface area (Å²) in [5.74, 6) is -0.581. The number of nitrogens with zero attached hydrogens (tertiary/aromatic N) is 2. The van der Waals surface area contributed by atoms with E-state index in [1.54, 1.807) is 29.2 Å². The summed E-state index contributed by atoms with van der Waals surface area (Å²) < 4.78 is 15.2. The van der Waals surface area contributed by atoms with Gasteiger partial charge in [-0.25, -0.2) is 4.79 Å². The minimum absolute atomic E-state index is 0.0566. The molecule has 0 aliphatic carbocycles. The Kier molecular flexibility index (Phi) is 6.76. The maximum absolute atomic E-state index is 12.1. The van der Waals surface area contributed by atoms with Crippen LogP contribution in [0.5, 0.6) is 5.75 Å². The molecular weight excluding hydrogens is 328 g/mol. The fourth-order valence-corrected chi connectivity index (χ4v) is 2.25. The van der Waals surface area contributed by atoms with Gasteiger partial charge in [0.1, 0.15) is 5.75 Å². The maximum atomic E-state index is 12.1. The zero-order valence-corrected chi connectivity index (χ0v) is 14.4. The van der Waals surface area contributed by atoms with Gasteiger partial charge in [0.05, 0.1) is 32.4 Å². The molecule has 25 heavy (non-hydrogen) atoms. The van der Waals surface area contributed by atoms with Gasteiger partial charge in [0.25, 0.3) is 5.91 Å². The van der Waals surface area contributed by atoms with Crippen molar-refractivity contribution in [2.24, 2.45) is 0 Å². The molecule has 8 heteroatoms. The minimum Gasteiger partial charge on any atom is -0.497 e. The normalized spacial score (nSPS) is 13.9. The predicted octanol–water partition coefficient (Wildman–Crippen LogP) is 0.169. The number of amides is 2. The fourth-order valence-electron chi connectivity index (χ4n) is 2.25. The van der Waals surface area contributed by atoms with Crippen LogP contribution in [0.15, 0.2) is 24.3 Å². The molecule has 1 heterocycles. The van der Waals surface area contributed by atoms with E-state index in [1.807, 2.05) is 0 Å². The average Bonchev–Trinajstić information content (AvgIpc) is 2.66. The van der Waals surface area contributed by atoms with Gasteiger partial charge in [-0.15, -0.1) is 0 Å². The monoisotopic (exact) mass is 350 g/mol. The van der Waals surface area contributed by atoms with Crippen molar-refractivity contribution < 1.29 is 28.6 Å². The number of ether oxygens (including phenoxy) is 3. The third-order valence-corrected chi connectivity index (χ3v) is 3.81. The molecule has 0 saturated carbocycles. The summed E-state index contributed by atoms with van der Waals surface area (Å²) in [6.45, 7) is 1.57. The Labute approximate surface area is 146 Å². The molecule has 1 fully saturated rings. The van der Waals surface area contributed by atoms with Crippen LogP contribution in [-0.2, 0) is 19.1 Å². The molecule has 0 N–H and O–H groups in total. The SMILES string of the molecule is COc1ccc(C(=O)OCC(=O)N(C)CC(=O)N2CCOCC2)cc1. The van der Waals surface area contributed by atoms with Crippen molar-refractivity contribution in [2.45, 2.75) is 0 Å². The van der Waals surface area contributed by atoms with Gasteiger partial charge in [-0.1, -0.05) is 0 Å². The number of carbonyl (C=O) groups excluding carboxylic acids is 3. The number of carbonyl (C=O) groups is 3. The Morgan fingerprint density at radius 2 is 1.80 bits per heavy atom. The Bertz CT molecular complexity index is 610. The maximum Gasteiger partial charge on any atom is 0.338 e. The third-order valence-electron chi connectivity index (χ3n) is 3.81. The topological polar surface area (TPSA) is 85.4 Å². The summed E-state index contributed by atoms with van der Waals surface area (Å²) in [5.41, 5.74) is 0.320.